The van der Waals surface area contributed by atoms with Gasteiger partial charge in [-0.3, -0.25) is 4.79 Å². The van der Waals surface area contributed by atoms with Crippen LogP contribution in [0.1, 0.15) is 50.6 Å². The van der Waals surface area contributed by atoms with E-state index in [0.717, 1.165) is 31.1 Å². The van der Waals surface area contributed by atoms with Crippen LogP contribution < -0.4 is 10.2 Å². The van der Waals surface area contributed by atoms with Crippen LogP contribution in [0, 0.1) is 5.92 Å². The highest BCUT2D eigenvalue weighted by Crippen LogP contribution is 2.24. The average molecular weight is 298 g/mol. The highest BCUT2D eigenvalue weighted by atomic mass is 16.2. The number of carbonyl (C=O) groups excluding carboxylic acids is 1. The van der Waals surface area contributed by atoms with Crippen LogP contribution in [-0.4, -0.2) is 19.0 Å². The number of nitrogens with zero attached hydrogens (tertiary/aromatic N) is 1. The molecular weight excluding hydrogens is 272 g/mol. The predicted molar refractivity (Wildman–Crippen MR) is 90.9 cm³/mol. The Morgan fingerprint density at radius 2 is 2.09 bits per heavy atom. The Balaban J connectivity index is 1.55. The van der Waals surface area contributed by atoms with E-state index in [1.807, 2.05) is 4.90 Å². The number of anilines is 1. The highest BCUT2D eigenvalue weighted by Gasteiger charge is 2.21. The third-order valence-corrected chi connectivity index (χ3v) is 4.87. The van der Waals surface area contributed by atoms with Crippen molar-refractivity contribution in [1.29, 1.82) is 0 Å². The summed E-state index contributed by atoms with van der Waals surface area (Å²) in [6.45, 7) is 4.16. The van der Waals surface area contributed by atoms with Gasteiger partial charge in [0, 0.05) is 24.7 Å². The van der Waals surface area contributed by atoms with Crippen LogP contribution in [0.15, 0.2) is 36.4 Å². The van der Waals surface area contributed by atoms with Crippen molar-refractivity contribution in [3.05, 3.63) is 42.0 Å². The number of amides is 1. The van der Waals surface area contributed by atoms with Gasteiger partial charge in [0.2, 0.25) is 5.91 Å². The molecule has 1 aromatic rings. The molecular formula is C19H26N2O. The molecule has 3 rings (SSSR count). The first-order valence-corrected chi connectivity index (χ1v) is 8.53. The summed E-state index contributed by atoms with van der Waals surface area (Å²) in [6.07, 6.45) is 9.99. The Morgan fingerprint density at radius 3 is 2.73 bits per heavy atom. The SMILES string of the molecule is C[C@H](NC[C@@H]1CC=CCC1)c1ccc(N2CCCC2=O)cc1. The topological polar surface area (TPSA) is 32.3 Å². The molecule has 3 heteroatoms. The number of benzene rings is 1. The molecule has 1 N–H and O–H groups in total. The van der Waals surface area contributed by atoms with Gasteiger partial charge in [-0.15, -0.1) is 0 Å². The van der Waals surface area contributed by atoms with E-state index < -0.39 is 0 Å². The Kier molecular flexibility index (Phi) is 4.94. The van der Waals surface area contributed by atoms with Crippen LogP contribution >= 0.6 is 0 Å². The molecule has 0 radical (unpaired) electrons. The van der Waals surface area contributed by atoms with Crippen LogP contribution in [0.25, 0.3) is 0 Å². The summed E-state index contributed by atoms with van der Waals surface area (Å²) in [5, 5.41) is 3.65. The molecule has 0 bridgehead atoms. The highest BCUT2D eigenvalue weighted by molar-refractivity contribution is 5.95. The van der Waals surface area contributed by atoms with E-state index in [4.69, 9.17) is 0 Å². The number of rotatable bonds is 5. The van der Waals surface area contributed by atoms with E-state index in [0.29, 0.717) is 12.5 Å². The van der Waals surface area contributed by atoms with Crippen molar-refractivity contribution in [1.82, 2.24) is 5.32 Å². The number of carbonyl (C=O) groups is 1. The van der Waals surface area contributed by atoms with Crippen LogP contribution in [0.3, 0.4) is 0 Å². The molecule has 3 nitrogen and oxygen atoms in total. The number of nitrogens with one attached hydrogen (secondary N) is 1. The summed E-state index contributed by atoms with van der Waals surface area (Å²) in [6, 6.07) is 8.83. The fourth-order valence-corrected chi connectivity index (χ4v) is 3.37. The lowest BCUT2D eigenvalue weighted by atomic mass is 9.94. The van der Waals surface area contributed by atoms with Gasteiger partial charge in [-0.25, -0.2) is 0 Å². The van der Waals surface area contributed by atoms with Crippen molar-refractivity contribution >= 4 is 11.6 Å². The van der Waals surface area contributed by atoms with E-state index in [-0.39, 0.29) is 5.91 Å². The van der Waals surface area contributed by atoms with Crippen LogP contribution in [0.2, 0.25) is 0 Å². The molecule has 1 fully saturated rings. The molecule has 0 aromatic heterocycles. The summed E-state index contributed by atoms with van der Waals surface area (Å²) in [7, 11) is 0. The van der Waals surface area contributed by atoms with Crippen molar-refractivity contribution in [3.8, 4) is 0 Å². The van der Waals surface area contributed by atoms with Gasteiger partial charge in [-0.05, 0) is 62.8 Å². The van der Waals surface area contributed by atoms with Gasteiger partial charge in [0.05, 0.1) is 0 Å². The van der Waals surface area contributed by atoms with E-state index in [9.17, 15) is 4.79 Å². The molecule has 1 saturated heterocycles. The first-order chi connectivity index (χ1) is 10.7. The smallest absolute Gasteiger partial charge is 0.227 e. The third-order valence-electron chi connectivity index (χ3n) is 4.87. The molecule has 1 aliphatic heterocycles. The lowest BCUT2D eigenvalue weighted by molar-refractivity contribution is -0.117. The largest absolute Gasteiger partial charge is 0.312 e. The average Bonchev–Trinajstić information content (AvgIpc) is 3.00. The van der Waals surface area contributed by atoms with Crippen molar-refractivity contribution in [2.24, 2.45) is 5.92 Å². The molecule has 0 saturated carbocycles. The molecule has 118 valence electrons. The molecule has 1 aromatic carbocycles. The molecule has 1 amide bonds. The van der Waals surface area contributed by atoms with E-state index in [1.165, 1.54) is 24.8 Å². The molecule has 2 aliphatic rings. The van der Waals surface area contributed by atoms with Crippen molar-refractivity contribution in [2.75, 3.05) is 18.0 Å². The van der Waals surface area contributed by atoms with Crippen molar-refractivity contribution in [2.45, 2.75) is 45.1 Å². The predicted octanol–water partition coefficient (Wildman–Crippen LogP) is 3.82. The normalized spacial score (nSPS) is 23.0. The summed E-state index contributed by atoms with van der Waals surface area (Å²) >= 11 is 0. The minimum atomic E-state index is 0.254. The van der Waals surface area contributed by atoms with E-state index >= 15 is 0 Å². The second kappa shape index (κ2) is 7.10. The van der Waals surface area contributed by atoms with Crippen LogP contribution in [-0.2, 0) is 4.79 Å². The zero-order valence-electron chi connectivity index (χ0n) is 13.4. The fraction of sp³-hybridized carbons (Fsp3) is 0.526. The Hall–Kier alpha value is -1.61. The van der Waals surface area contributed by atoms with E-state index in [2.05, 4.69) is 48.7 Å². The van der Waals surface area contributed by atoms with Gasteiger partial charge in [0.25, 0.3) is 0 Å². The minimum Gasteiger partial charge on any atom is -0.312 e. The first-order valence-electron chi connectivity index (χ1n) is 8.53. The summed E-state index contributed by atoms with van der Waals surface area (Å²) in [5.41, 5.74) is 2.33. The summed E-state index contributed by atoms with van der Waals surface area (Å²) in [4.78, 5) is 13.7. The summed E-state index contributed by atoms with van der Waals surface area (Å²) < 4.78 is 0. The van der Waals surface area contributed by atoms with Gasteiger partial charge in [-0.1, -0.05) is 24.3 Å². The molecule has 1 aliphatic carbocycles. The molecule has 22 heavy (non-hydrogen) atoms. The first kappa shape index (κ1) is 15.3. The Morgan fingerprint density at radius 1 is 1.27 bits per heavy atom. The zero-order valence-corrected chi connectivity index (χ0v) is 13.4. The maximum absolute atomic E-state index is 11.8. The van der Waals surface area contributed by atoms with Crippen LogP contribution in [0.5, 0.6) is 0 Å². The molecule has 0 unspecified atom stereocenters. The molecule has 1 heterocycles. The maximum atomic E-state index is 11.8. The van der Waals surface area contributed by atoms with Crippen LogP contribution in [0.4, 0.5) is 5.69 Å². The monoisotopic (exact) mass is 298 g/mol. The Labute approximate surface area is 133 Å². The number of hydrogen-bond acceptors (Lipinski definition) is 2. The minimum absolute atomic E-state index is 0.254. The lowest BCUT2D eigenvalue weighted by Gasteiger charge is -2.22. The molecule has 2 atom stereocenters. The van der Waals surface area contributed by atoms with Gasteiger partial charge in [0.1, 0.15) is 0 Å². The zero-order chi connectivity index (χ0) is 15.4. The van der Waals surface area contributed by atoms with Gasteiger partial charge >= 0.3 is 0 Å². The van der Waals surface area contributed by atoms with Crippen molar-refractivity contribution < 1.29 is 4.79 Å². The third kappa shape index (κ3) is 3.58. The van der Waals surface area contributed by atoms with E-state index in [1.54, 1.807) is 0 Å². The van der Waals surface area contributed by atoms with Gasteiger partial charge in [-0.2, -0.15) is 0 Å². The fourth-order valence-electron chi connectivity index (χ4n) is 3.37. The quantitative estimate of drug-likeness (QED) is 0.838. The number of hydrogen-bond donors (Lipinski definition) is 1. The standard InChI is InChI=1S/C19H26N2O/c1-15(20-14-16-6-3-2-4-7-16)17-9-11-18(12-10-17)21-13-5-8-19(21)22/h2-3,9-12,15-16,20H,4-8,13-14H2,1H3/t15-,16+/m0/s1. The second-order valence-electron chi connectivity index (χ2n) is 6.52. The maximum Gasteiger partial charge on any atom is 0.227 e. The van der Waals surface area contributed by atoms with Crippen molar-refractivity contribution in [3.63, 3.8) is 0 Å². The number of allylic oxidation sites excluding steroid dienone is 2. The Bertz CT molecular complexity index is 535. The lowest BCUT2D eigenvalue weighted by Crippen LogP contribution is -2.26. The molecule has 0 spiro atoms. The van der Waals surface area contributed by atoms with Gasteiger partial charge in [0.15, 0.2) is 0 Å². The van der Waals surface area contributed by atoms with Gasteiger partial charge < -0.3 is 10.2 Å². The second-order valence-corrected chi connectivity index (χ2v) is 6.52. The summed E-state index contributed by atoms with van der Waals surface area (Å²) in [5.74, 6) is 1.03.